The summed E-state index contributed by atoms with van der Waals surface area (Å²) < 4.78 is 16.7. The Morgan fingerprint density at radius 3 is 1.02 bits per heavy atom. The van der Waals surface area contributed by atoms with Gasteiger partial charge < -0.3 is 14.2 Å². The molecule has 0 radical (unpaired) electrons. The summed E-state index contributed by atoms with van der Waals surface area (Å²) in [5, 5.41) is 0. The summed E-state index contributed by atoms with van der Waals surface area (Å²) in [5.74, 6) is -0.960. The third-order valence-electron chi connectivity index (χ3n) is 10.6. The van der Waals surface area contributed by atoms with Crippen molar-refractivity contribution in [2.75, 3.05) is 13.2 Å². The first-order valence-electron chi connectivity index (χ1n) is 25.2. The summed E-state index contributed by atoms with van der Waals surface area (Å²) in [5.41, 5.74) is 0. The number of hydrogen-bond donors (Lipinski definition) is 0. The maximum absolute atomic E-state index is 12.8. The van der Waals surface area contributed by atoms with Gasteiger partial charge in [0.05, 0.1) is 0 Å². The number of unbranched alkanes of at least 4 members (excludes halogenated alkanes) is 24. The zero-order chi connectivity index (χ0) is 44.4. The molecule has 0 saturated carbocycles. The van der Waals surface area contributed by atoms with Gasteiger partial charge in [0.2, 0.25) is 0 Å². The molecule has 0 bridgehead atoms. The van der Waals surface area contributed by atoms with E-state index < -0.39 is 6.10 Å². The Labute approximate surface area is 375 Å². The molecule has 0 N–H and O–H groups in total. The van der Waals surface area contributed by atoms with E-state index in [0.717, 1.165) is 89.9 Å². The lowest BCUT2D eigenvalue weighted by Crippen LogP contribution is -2.30. The molecule has 61 heavy (non-hydrogen) atoms. The van der Waals surface area contributed by atoms with E-state index in [2.05, 4.69) is 69.4 Å². The number of hydrogen-bond acceptors (Lipinski definition) is 6. The summed E-state index contributed by atoms with van der Waals surface area (Å²) in [7, 11) is 0. The van der Waals surface area contributed by atoms with Gasteiger partial charge in [-0.15, -0.1) is 0 Å². The van der Waals surface area contributed by atoms with E-state index in [1.165, 1.54) is 89.9 Å². The van der Waals surface area contributed by atoms with Crippen molar-refractivity contribution >= 4 is 17.9 Å². The molecule has 0 rings (SSSR count). The van der Waals surface area contributed by atoms with Crippen molar-refractivity contribution in [1.82, 2.24) is 0 Å². The van der Waals surface area contributed by atoms with E-state index in [-0.39, 0.29) is 37.5 Å². The fourth-order valence-electron chi connectivity index (χ4n) is 6.81. The van der Waals surface area contributed by atoms with Crippen LogP contribution in [0.25, 0.3) is 0 Å². The first kappa shape index (κ1) is 57.6. The Balaban J connectivity index is 4.43. The average molecular weight is 849 g/mol. The molecule has 6 nitrogen and oxygen atoms in total. The van der Waals surface area contributed by atoms with Crippen LogP contribution in [0, 0.1) is 0 Å². The van der Waals surface area contributed by atoms with Crippen molar-refractivity contribution in [2.45, 2.75) is 232 Å². The van der Waals surface area contributed by atoms with Gasteiger partial charge in [-0.05, 0) is 57.8 Å². The van der Waals surface area contributed by atoms with Crippen LogP contribution < -0.4 is 0 Å². The number of ether oxygens (including phenoxy) is 3. The smallest absolute Gasteiger partial charge is 0.306 e. The molecule has 6 heteroatoms. The molecule has 0 aromatic rings. The topological polar surface area (TPSA) is 78.9 Å². The second kappa shape index (κ2) is 49.2. The summed E-state index contributed by atoms with van der Waals surface area (Å²) in [6, 6.07) is 0. The highest BCUT2D eigenvalue weighted by Gasteiger charge is 2.19. The minimum absolute atomic E-state index is 0.0983. The van der Waals surface area contributed by atoms with Crippen molar-refractivity contribution in [1.29, 1.82) is 0 Å². The van der Waals surface area contributed by atoms with E-state index in [4.69, 9.17) is 14.2 Å². The highest BCUT2D eigenvalue weighted by atomic mass is 16.6. The molecule has 348 valence electrons. The van der Waals surface area contributed by atoms with Gasteiger partial charge in [-0.2, -0.15) is 0 Å². The van der Waals surface area contributed by atoms with Gasteiger partial charge in [0.15, 0.2) is 6.10 Å². The molecule has 0 heterocycles. The maximum Gasteiger partial charge on any atom is 0.306 e. The lowest BCUT2D eigenvalue weighted by molar-refractivity contribution is -0.167. The second-order valence-corrected chi connectivity index (χ2v) is 16.5. The van der Waals surface area contributed by atoms with Gasteiger partial charge in [0.25, 0.3) is 0 Å². The van der Waals surface area contributed by atoms with Crippen LogP contribution in [0.1, 0.15) is 226 Å². The van der Waals surface area contributed by atoms with Crippen LogP contribution in [0.5, 0.6) is 0 Å². The second-order valence-electron chi connectivity index (χ2n) is 16.5. The van der Waals surface area contributed by atoms with Crippen LogP contribution in [-0.2, 0) is 28.6 Å². The zero-order valence-corrected chi connectivity index (χ0v) is 39.7. The molecule has 1 atom stereocenters. The SMILES string of the molecule is CC\C=C/C=C\C=C/C=C\CCCCCC(=O)OC(COC(=O)CCCCCCC\C=C/C=C\C=C/CC)COC(=O)CCCCCCCCCCCCCCCCCCC. The number of allylic oxidation sites excluding steroid dienone is 14. The van der Waals surface area contributed by atoms with E-state index in [1.807, 2.05) is 36.5 Å². The van der Waals surface area contributed by atoms with Gasteiger partial charge in [-0.1, -0.05) is 234 Å². The minimum Gasteiger partial charge on any atom is -0.462 e. The predicted octanol–water partition coefficient (Wildman–Crippen LogP) is 16.4. The van der Waals surface area contributed by atoms with E-state index in [1.54, 1.807) is 0 Å². The number of esters is 3. The lowest BCUT2D eigenvalue weighted by Gasteiger charge is -2.18. The monoisotopic (exact) mass is 849 g/mol. The van der Waals surface area contributed by atoms with Crippen molar-refractivity contribution in [2.24, 2.45) is 0 Å². The standard InChI is InChI=1S/C55H92O6/c1-4-7-10-13-16-19-22-25-26-27-28-31-33-36-39-42-45-48-54(57)60-51-52(61-55(58)49-46-43-40-37-34-30-24-21-18-15-12-9-6-3)50-59-53(56)47-44-41-38-35-32-29-23-20-17-14-11-8-5-2/h8-9,11-12,14-15,17-18,20-21,23-24,30,34,52H,4-7,10,13,16,19,22,25-29,31-33,35-51H2,1-3H3/b11-8-,12-9-,17-14-,18-15-,23-20-,24-21-,34-30-. The molecule has 0 amide bonds. The molecule has 0 fully saturated rings. The molecule has 0 aromatic carbocycles. The first-order chi connectivity index (χ1) is 30.0. The predicted molar refractivity (Wildman–Crippen MR) is 261 cm³/mol. The molecule has 0 saturated heterocycles. The number of carbonyl (C=O) groups is 3. The van der Waals surface area contributed by atoms with Crippen LogP contribution in [0.15, 0.2) is 85.1 Å². The van der Waals surface area contributed by atoms with Crippen LogP contribution in [0.3, 0.4) is 0 Å². The maximum atomic E-state index is 12.8. The Hall–Kier alpha value is -3.41. The Kier molecular flexibility index (Phi) is 46.5. The lowest BCUT2D eigenvalue weighted by atomic mass is 10.0. The van der Waals surface area contributed by atoms with Crippen molar-refractivity contribution < 1.29 is 28.6 Å². The molecular weight excluding hydrogens is 757 g/mol. The van der Waals surface area contributed by atoms with Gasteiger partial charge in [0.1, 0.15) is 13.2 Å². The molecule has 1 unspecified atom stereocenters. The van der Waals surface area contributed by atoms with Crippen molar-refractivity contribution in [3.8, 4) is 0 Å². The Bertz CT molecular complexity index is 1200. The molecular formula is C55H92O6. The quantitative estimate of drug-likeness (QED) is 0.0263. The zero-order valence-electron chi connectivity index (χ0n) is 39.7. The average Bonchev–Trinajstić information content (AvgIpc) is 3.26. The van der Waals surface area contributed by atoms with E-state index in [0.29, 0.717) is 19.3 Å². The van der Waals surface area contributed by atoms with Crippen LogP contribution in [0.4, 0.5) is 0 Å². The normalized spacial score (nSPS) is 12.8. The summed E-state index contributed by atoms with van der Waals surface area (Å²) in [4.78, 5) is 37.9. The third kappa shape index (κ3) is 47.5. The number of rotatable bonds is 44. The van der Waals surface area contributed by atoms with Crippen molar-refractivity contribution in [3.63, 3.8) is 0 Å². The summed E-state index contributed by atoms with van der Waals surface area (Å²) in [6.45, 7) is 6.31. The van der Waals surface area contributed by atoms with Gasteiger partial charge in [-0.3, -0.25) is 14.4 Å². The molecule has 0 aromatic heterocycles. The number of carbonyl (C=O) groups excluding carboxylic acids is 3. The largest absolute Gasteiger partial charge is 0.462 e. The van der Waals surface area contributed by atoms with Gasteiger partial charge in [0, 0.05) is 19.3 Å². The highest BCUT2D eigenvalue weighted by molar-refractivity contribution is 5.71. The Morgan fingerprint density at radius 2 is 0.639 bits per heavy atom. The third-order valence-corrected chi connectivity index (χ3v) is 10.6. The van der Waals surface area contributed by atoms with Gasteiger partial charge >= 0.3 is 17.9 Å². The summed E-state index contributed by atoms with van der Waals surface area (Å²) >= 11 is 0. The molecule has 0 aliphatic carbocycles. The van der Waals surface area contributed by atoms with Gasteiger partial charge in [-0.25, -0.2) is 0 Å². The minimum atomic E-state index is -0.803. The van der Waals surface area contributed by atoms with Crippen LogP contribution in [-0.4, -0.2) is 37.2 Å². The fourth-order valence-corrected chi connectivity index (χ4v) is 6.81. The summed E-state index contributed by atoms with van der Waals surface area (Å²) in [6.07, 6.45) is 62.8. The van der Waals surface area contributed by atoms with Crippen LogP contribution in [0.2, 0.25) is 0 Å². The fraction of sp³-hybridized carbons (Fsp3) is 0.691. The highest BCUT2D eigenvalue weighted by Crippen LogP contribution is 2.15. The molecule has 0 aliphatic rings. The van der Waals surface area contributed by atoms with E-state index >= 15 is 0 Å². The first-order valence-corrected chi connectivity index (χ1v) is 25.2. The van der Waals surface area contributed by atoms with E-state index in [9.17, 15) is 14.4 Å². The molecule has 0 spiro atoms. The van der Waals surface area contributed by atoms with Crippen molar-refractivity contribution in [3.05, 3.63) is 85.1 Å². The Morgan fingerprint density at radius 1 is 0.344 bits per heavy atom. The van der Waals surface area contributed by atoms with Crippen LogP contribution >= 0.6 is 0 Å². The molecule has 0 aliphatic heterocycles.